The van der Waals surface area contributed by atoms with Gasteiger partial charge in [-0.15, -0.1) is 0 Å². The number of aromatic amines is 1. The number of aromatic nitrogens is 2. The van der Waals surface area contributed by atoms with Crippen LogP contribution in [-0.2, 0) is 16.8 Å². The number of hydrogen-bond donors (Lipinski definition) is 3. The third-order valence-corrected chi connectivity index (χ3v) is 4.48. The number of H-pyrrole nitrogens is 1. The van der Waals surface area contributed by atoms with Gasteiger partial charge in [0.15, 0.2) is 5.60 Å². The van der Waals surface area contributed by atoms with Gasteiger partial charge in [-0.3, -0.25) is 9.59 Å². The van der Waals surface area contributed by atoms with E-state index in [4.69, 9.17) is 11.6 Å². The molecule has 24 heavy (non-hydrogen) atoms. The molecular formula is C17H12ClN3O3. The molecule has 0 unspecified atom stereocenters. The highest BCUT2D eigenvalue weighted by Crippen LogP contribution is 2.40. The fourth-order valence-electron chi connectivity index (χ4n) is 3.04. The molecule has 3 aromatic rings. The molecule has 1 amide bonds. The molecule has 7 heteroatoms. The maximum atomic E-state index is 12.4. The van der Waals surface area contributed by atoms with Crippen molar-refractivity contribution in [2.24, 2.45) is 0 Å². The summed E-state index contributed by atoms with van der Waals surface area (Å²) in [6.07, 6.45) is -0.0799. The Labute approximate surface area is 141 Å². The number of nitrogens with zero attached hydrogens (tertiary/aromatic N) is 1. The number of amides is 1. The van der Waals surface area contributed by atoms with E-state index in [-0.39, 0.29) is 12.0 Å². The molecule has 0 radical (unpaired) electrons. The van der Waals surface area contributed by atoms with E-state index in [2.05, 4.69) is 15.5 Å². The van der Waals surface area contributed by atoms with E-state index in [9.17, 15) is 14.7 Å². The van der Waals surface area contributed by atoms with Crippen LogP contribution >= 0.6 is 11.6 Å². The highest BCUT2D eigenvalue weighted by atomic mass is 35.5. The molecule has 2 aromatic carbocycles. The van der Waals surface area contributed by atoms with Gasteiger partial charge in [-0.25, -0.2) is 5.10 Å². The smallest absolute Gasteiger partial charge is 0.272 e. The minimum atomic E-state index is -1.80. The van der Waals surface area contributed by atoms with Crippen molar-refractivity contribution in [3.8, 4) is 0 Å². The first-order valence-electron chi connectivity index (χ1n) is 7.29. The first kappa shape index (κ1) is 14.9. The van der Waals surface area contributed by atoms with Crippen molar-refractivity contribution < 1.29 is 9.90 Å². The molecule has 0 spiro atoms. The van der Waals surface area contributed by atoms with Crippen LogP contribution in [0.3, 0.4) is 0 Å². The zero-order chi connectivity index (χ0) is 16.9. The summed E-state index contributed by atoms with van der Waals surface area (Å²) in [6.45, 7) is 0. The van der Waals surface area contributed by atoms with Gasteiger partial charge in [0.2, 0.25) is 0 Å². The minimum Gasteiger partial charge on any atom is -0.375 e. The van der Waals surface area contributed by atoms with Crippen molar-refractivity contribution in [3.63, 3.8) is 0 Å². The molecule has 0 bridgehead atoms. The maximum absolute atomic E-state index is 12.4. The Morgan fingerprint density at radius 2 is 1.88 bits per heavy atom. The summed E-state index contributed by atoms with van der Waals surface area (Å²) in [6, 6.07) is 11.8. The normalized spacial score (nSPS) is 19.3. The topological polar surface area (TPSA) is 95.1 Å². The van der Waals surface area contributed by atoms with E-state index in [1.54, 1.807) is 42.5 Å². The Morgan fingerprint density at radius 1 is 1.12 bits per heavy atom. The number of benzene rings is 2. The zero-order valence-corrected chi connectivity index (χ0v) is 13.1. The highest BCUT2D eigenvalue weighted by Gasteiger charge is 2.46. The van der Waals surface area contributed by atoms with Gasteiger partial charge in [0.05, 0.1) is 11.1 Å². The quantitative estimate of drug-likeness (QED) is 0.664. The van der Waals surface area contributed by atoms with Gasteiger partial charge in [-0.2, -0.15) is 5.10 Å². The summed E-state index contributed by atoms with van der Waals surface area (Å²) >= 11 is 6.00. The minimum absolute atomic E-state index is 0.0799. The highest BCUT2D eigenvalue weighted by molar-refractivity contribution is 6.31. The molecule has 0 aliphatic carbocycles. The van der Waals surface area contributed by atoms with Crippen LogP contribution in [0.25, 0.3) is 10.8 Å². The summed E-state index contributed by atoms with van der Waals surface area (Å²) in [4.78, 5) is 24.2. The lowest BCUT2D eigenvalue weighted by Gasteiger charge is -2.21. The molecular weight excluding hydrogens is 330 g/mol. The largest absolute Gasteiger partial charge is 0.375 e. The lowest BCUT2D eigenvalue weighted by atomic mass is 9.89. The van der Waals surface area contributed by atoms with E-state index in [0.717, 1.165) is 0 Å². The molecule has 1 aromatic heterocycles. The predicted molar refractivity (Wildman–Crippen MR) is 90.0 cm³/mol. The van der Waals surface area contributed by atoms with E-state index >= 15 is 0 Å². The van der Waals surface area contributed by atoms with Crippen LogP contribution in [0.15, 0.2) is 47.3 Å². The molecule has 2 heterocycles. The molecule has 1 aliphatic rings. The van der Waals surface area contributed by atoms with Crippen LogP contribution in [-0.4, -0.2) is 21.2 Å². The Balaban J connectivity index is 1.87. The van der Waals surface area contributed by atoms with Crippen molar-refractivity contribution in [3.05, 3.63) is 69.1 Å². The summed E-state index contributed by atoms with van der Waals surface area (Å²) in [5, 5.41) is 21.6. The molecule has 3 N–H and O–H groups in total. The van der Waals surface area contributed by atoms with Crippen molar-refractivity contribution in [1.82, 2.24) is 10.2 Å². The number of anilines is 1. The van der Waals surface area contributed by atoms with Gasteiger partial charge in [-0.05, 0) is 24.3 Å². The molecule has 0 saturated carbocycles. The molecule has 1 aliphatic heterocycles. The van der Waals surface area contributed by atoms with Crippen molar-refractivity contribution >= 4 is 34.0 Å². The van der Waals surface area contributed by atoms with Crippen LogP contribution in [0.2, 0.25) is 5.02 Å². The first-order chi connectivity index (χ1) is 11.5. The van der Waals surface area contributed by atoms with Gasteiger partial charge in [0.25, 0.3) is 11.5 Å². The van der Waals surface area contributed by atoms with Crippen molar-refractivity contribution in [1.29, 1.82) is 0 Å². The number of carbonyl (C=O) groups excluding carboxylic acids is 1. The Hall–Kier alpha value is -2.70. The average Bonchev–Trinajstić information content (AvgIpc) is 2.82. The van der Waals surface area contributed by atoms with Crippen LogP contribution < -0.4 is 10.9 Å². The van der Waals surface area contributed by atoms with Crippen molar-refractivity contribution in [2.45, 2.75) is 12.0 Å². The van der Waals surface area contributed by atoms with Crippen LogP contribution in [0, 0.1) is 0 Å². The van der Waals surface area contributed by atoms with Gasteiger partial charge < -0.3 is 10.4 Å². The van der Waals surface area contributed by atoms with E-state index in [0.29, 0.717) is 32.7 Å². The lowest BCUT2D eigenvalue weighted by Crippen LogP contribution is -2.37. The molecule has 0 fully saturated rings. The Bertz CT molecular complexity index is 1050. The molecule has 0 saturated heterocycles. The maximum Gasteiger partial charge on any atom is 0.272 e. The number of halogens is 1. The number of fused-ring (bicyclic) bond motifs is 2. The Kier molecular flexibility index (Phi) is 3.19. The van der Waals surface area contributed by atoms with Crippen molar-refractivity contribution in [2.75, 3.05) is 5.32 Å². The van der Waals surface area contributed by atoms with Gasteiger partial charge in [0.1, 0.15) is 0 Å². The number of hydrogen-bond acceptors (Lipinski definition) is 4. The summed E-state index contributed by atoms with van der Waals surface area (Å²) in [7, 11) is 0. The monoisotopic (exact) mass is 341 g/mol. The standard InChI is InChI=1S/C17H12ClN3O3/c18-9-5-6-13-12(7-9)17(24,16(23)19-13)8-14-10-3-1-2-4-11(10)15(22)21-20-14/h1-7,24H,8H2,(H,19,23)(H,21,22)/t17-/m0/s1. The van der Waals surface area contributed by atoms with E-state index < -0.39 is 11.5 Å². The third kappa shape index (κ3) is 2.11. The molecule has 4 rings (SSSR count). The third-order valence-electron chi connectivity index (χ3n) is 4.25. The fourth-order valence-corrected chi connectivity index (χ4v) is 3.21. The Morgan fingerprint density at radius 3 is 2.67 bits per heavy atom. The van der Waals surface area contributed by atoms with Crippen LogP contribution in [0.1, 0.15) is 11.3 Å². The number of nitrogens with one attached hydrogen (secondary N) is 2. The lowest BCUT2D eigenvalue weighted by molar-refractivity contribution is -0.133. The molecule has 1 atom stereocenters. The summed E-state index contributed by atoms with van der Waals surface area (Å²) < 4.78 is 0. The second-order valence-corrected chi connectivity index (χ2v) is 6.16. The molecule has 120 valence electrons. The average molecular weight is 342 g/mol. The SMILES string of the molecule is O=C1Nc2ccc(Cl)cc2[C@@]1(O)Cc1n[nH]c(=O)c2ccccc12. The summed E-state index contributed by atoms with van der Waals surface area (Å²) in [5.74, 6) is -0.545. The summed E-state index contributed by atoms with van der Waals surface area (Å²) in [5.41, 5.74) is -0.775. The fraction of sp³-hybridized carbons (Fsp3) is 0.118. The number of rotatable bonds is 2. The second-order valence-electron chi connectivity index (χ2n) is 5.73. The van der Waals surface area contributed by atoms with Gasteiger partial charge >= 0.3 is 0 Å². The van der Waals surface area contributed by atoms with E-state index in [1.807, 2.05) is 0 Å². The molecule has 6 nitrogen and oxygen atoms in total. The van der Waals surface area contributed by atoms with Gasteiger partial charge in [0, 0.05) is 28.1 Å². The zero-order valence-electron chi connectivity index (χ0n) is 12.3. The van der Waals surface area contributed by atoms with Gasteiger partial charge in [-0.1, -0.05) is 29.8 Å². The van der Waals surface area contributed by atoms with Crippen LogP contribution in [0.4, 0.5) is 5.69 Å². The first-order valence-corrected chi connectivity index (χ1v) is 7.67. The van der Waals surface area contributed by atoms with Crippen LogP contribution in [0.5, 0.6) is 0 Å². The number of aliphatic hydroxyl groups is 1. The second kappa shape index (κ2) is 5.15. The number of carbonyl (C=O) groups is 1. The van der Waals surface area contributed by atoms with E-state index in [1.165, 1.54) is 0 Å². The predicted octanol–water partition coefficient (Wildman–Crippen LogP) is 1.96.